The Kier molecular flexibility index (Phi) is 4.96. The minimum absolute atomic E-state index is 0.0822. The average molecular weight is 472 g/mol. The van der Waals surface area contributed by atoms with Gasteiger partial charge < -0.3 is 10.4 Å². The summed E-state index contributed by atoms with van der Waals surface area (Å²) in [7, 11) is 0. The van der Waals surface area contributed by atoms with Crippen LogP contribution in [-0.4, -0.2) is 34.7 Å². The average Bonchev–Trinajstić information content (AvgIpc) is 3.34. The molecule has 7 rings (SSSR count). The predicted octanol–water partition coefficient (Wildman–Crippen LogP) is 4.97. The summed E-state index contributed by atoms with van der Waals surface area (Å²) >= 11 is 0. The molecule has 0 aromatic heterocycles. The van der Waals surface area contributed by atoms with E-state index in [0.717, 1.165) is 54.9 Å². The molecule has 5 heteroatoms. The van der Waals surface area contributed by atoms with Gasteiger partial charge in [0.05, 0.1) is 5.56 Å². The summed E-state index contributed by atoms with van der Waals surface area (Å²) in [6, 6.07) is 11.5. The van der Waals surface area contributed by atoms with Gasteiger partial charge in [0.25, 0.3) is 0 Å². The highest BCUT2D eigenvalue weighted by Crippen LogP contribution is 2.58. The molecule has 0 spiro atoms. The Morgan fingerprint density at radius 1 is 0.743 bits per heavy atom. The maximum absolute atomic E-state index is 14.1. The number of ketones is 2. The Labute approximate surface area is 205 Å². The van der Waals surface area contributed by atoms with E-state index in [4.69, 9.17) is 0 Å². The summed E-state index contributed by atoms with van der Waals surface area (Å²) in [5.41, 5.74) is 1.18. The molecule has 2 aromatic carbocycles. The van der Waals surface area contributed by atoms with E-state index in [1.54, 1.807) is 12.1 Å². The van der Waals surface area contributed by atoms with E-state index in [1.807, 2.05) is 24.3 Å². The number of hydrogen-bond acceptors (Lipinski definition) is 4. The third kappa shape index (κ3) is 3.00. The Morgan fingerprint density at radius 2 is 1.29 bits per heavy atom. The first kappa shape index (κ1) is 21.7. The van der Waals surface area contributed by atoms with E-state index in [2.05, 4.69) is 5.32 Å². The van der Waals surface area contributed by atoms with Crippen LogP contribution < -0.4 is 5.32 Å². The van der Waals surface area contributed by atoms with Gasteiger partial charge >= 0.3 is 5.97 Å². The maximum atomic E-state index is 14.1. The second kappa shape index (κ2) is 7.99. The number of carboxylic acid groups (broad SMARTS) is 1. The van der Waals surface area contributed by atoms with Crippen LogP contribution in [-0.2, 0) is 9.59 Å². The number of fused-ring (bicyclic) bond motifs is 7. The van der Waals surface area contributed by atoms with Crippen molar-refractivity contribution in [1.29, 1.82) is 0 Å². The normalized spacial score (nSPS) is 40.2. The van der Waals surface area contributed by atoms with Crippen LogP contribution in [0, 0.1) is 35.5 Å². The van der Waals surface area contributed by atoms with Crippen molar-refractivity contribution in [2.24, 2.45) is 35.5 Å². The Hall–Kier alpha value is -2.53. The lowest BCUT2D eigenvalue weighted by molar-refractivity contribution is -0.129. The van der Waals surface area contributed by atoms with Crippen molar-refractivity contribution < 1.29 is 19.5 Å². The molecule has 182 valence electrons. The second-order valence-corrected chi connectivity index (χ2v) is 11.8. The van der Waals surface area contributed by atoms with E-state index in [-0.39, 0.29) is 47.2 Å². The number of nitrogens with one attached hydrogen (secondary N) is 1. The largest absolute Gasteiger partial charge is 0.478 e. The summed E-state index contributed by atoms with van der Waals surface area (Å²) in [5.74, 6) is -0.201. The molecule has 1 saturated heterocycles. The monoisotopic (exact) mass is 471 g/mol. The van der Waals surface area contributed by atoms with E-state index < -0.39 is 5.97 Å². The molecule has 5 nitrogen and oxygen atoms in total. The molecule has 1 heterocycles. The van der Waals surface area contributed by atoms with E-state index in [9.17, 15) is 19.5 Å². The topological polar surface area (TPSA) is 83.5 Å². The maximum Gasteiger partial charge on any atom is 0.336 e. The van der Waals surface area contributed by atoms with Crippen LogP contribution >= 0.6 is 0 Å². The zero-order valence-corrected chi connectivity index (χ0v) is 20.0. The second-order valence-electron chi connectivity index (χ2n) is 11.8. The van der Waals surface area contributed by atoms with Crippen molar-refractivity contribution in [1.82, 2.24) is 5.32 Å². The number of rotatable bonds is 2. The number of carboxylic acids is 1. The summed E-state index contributed by atoms with van der Waals surface area (Å²) in [4.78, 5) is 40.4. The Morgan fingerprint density at radius 3 is 1.86 bits per heavy atom. The standard InChI is InChI=1S/C30H33NO4/c32-28-18-11-3-1-9-16(18)26-24(28)23(25-27(31-26)17-10-2-4-12-19(17)29(25)33)20-13-5-7-15-8-6-14-21(22(15)20)30(34)35/h5-8,13-14,16-19,23-27,31H,1-4,9-12H2,(H,34,35). The van der Waals surface area contributed by atoms with Gasteiger partial charge in [0.1, 0.15) is 11.6 Å². The quantitative estimate of drug-likeness (QED) is 0.646. The minimum Gasteiger partial charge on any atom is -0.478 e. The van der Waals surface area contributed by atoms with E-state index in [1.165, 1.54) is 12.8 Å². The number of Topliss-reactive ketones (excluding diaryl/α,β-unsaturated/α-hetero) is 2. The SMILES string of the molecule is O=C(O)c1cccc2cccc(C3C4C(=O)C5CCCCC5C4NC4C5CCCCC5C(=O)C43)c12. The molecule has 2 aromatic rings. The van der Waals surface area contributed by atoms with Gasteiger partial charge in [-0.15, -0.1) is 0 Å². The van der Waals surface area contributed by atoms with Gasteiger partial charge in [0, 0.05) is 41.7 Å². The minimum atomic E-state index is -0.956. The molecular formula is C30H33NO4. The zero-order chi connectivity index (χ0) is 23.8. The molecule has 4 aliphatic carbocycles. The molecule has 8 atom stereocenters. The van der Waals surface area contributed by atoms with E-state index in [0.29, 0.717) is 23.4 Å². The first-order valence-electron chi connectivity index (χ1n) is 13.6. The molecule has 0 amide bonds. The highest BCUT2D eigenvalue weighted by Gasteiger charge is 2.64. The van der Waals surface area contributed by atoms with Crippen molar-refractivity contribution >= 4 is 28.3 Å². The molecule has 4 saturated carbocycles. The molecule has 0 radical (unpaired) electrons. The van der Waals surface area contributed by atoms with Crippen LogP contribution in [0.2, 0.25) is 0 Å². The molecule has 5 aliphatic rings. The van der Waals surface area contributed by atoms with Crippen molar-refractivity contribution in [2.45, 2.75) is 69.4 Å². The molecule has 0 bridgehead atoms. The summed E-state index contributed by atoms with van der Waals surface area (Å²) < 4.78 is 0. The molecule has 5 fully saturated rings. The van der Waals surface area contributed by atoms with Gasteiger partial charge in [-0.25, -0.2) is 4.79 Å². The number of carbonyl (C=O) groups excluding carboxylic acids is 2. The predicted molar refractivity (Wildman–Crippen MR) is 132 cm³/mol. The van der Waals surface area contributed by atoms with Crippen molar-refractivity contribution in [3.63, 3.8) is 0 Å². The highest BCUT2D eigenvalue weighted by molar-refractivity contribution is 6.06. The summed E-state index contributed by atoms with van der Waals surface area (Å²) in [6.07, 6.45) is 8.60. The van der Waals surface area contributed by atoms with Gasteiger partial charge in [0.2, 0.25) is 0 Å². The summed E-state index contributed by atoms with van der Waals surface area (Å²) in [6.45, 7) is 0. The fourth-order valence-corrected chi connectivity index (χ4v) is 9.18. The lowest BCUT2D eigenvalue weighted by Gasteiger charge is -2.45. The third-order valence-electron chi connectivity index (χ3n) is 10.4. The van der Waals surface area contributed by atoms with Crippen molar-refractivity contribution in [3.8, 4) is 0 Å². The molecule has 35 heavy (non-hydrogen) atoms. The lowest BCUT2D eigenvalue weighted by atomic mass is 9.66. The number of hydrogen-bond donors (Lipinski definition) is 2. The molecule has 1 aliphatic heterocycles. The van der Waals surface area contributed by atoms with Gasteiger partial charge in [-0.05, 0) is 59.9 Å². The number of piperidine rings is 1. The number of benzene rings is 2. The van der Waals surface area contributed by atoms with Crippen LogP contribution in [0.3, 0.4) is 0 Å². The third-order valence-corrected chi connectivity index (χ3v) is 10.4. The first-order chi connectivity index (χ1) is 17.1. The van der Waals surface area contributed by atoms with Crippen LogP contribution in [0.15, 0.2) is 36.4 Å². The zero-order valence-electron chi connectivity index (χ0n) is 20.0. The van der Waals surface area contributed by atoms with Crippen LogP contribution in [0.25, 0.3) is 10.8 Å². The summed E-state index contributed by atoms with van der Waals surface area (Å²) in [5, 5.41) is 15.6. The van der Waals surface area contributed by atoms with E-state index >= 15 is 0 Å². The molecule has 2 N–H and O–H groups in total. The number of aromatic carboxylic acids is 1. The lowest BCUT2D eigenvalue weighted by Crippen LogP contribution is -2.58. The van der Waals surface area contributed by atoms with Gasteiger partial charge in [-0.3, -0.25) is 9.59 Å². The fraction of sp³-hybridized carbons (Fsp3) is 0.567. The van der Waals surface area contributed by atoms with Crippen molar-refractivity contribution in [3.05, 3.63) is 47.5 Å². The van der Waals surface area contributed by atoms with Crippen LogP contribution in [0.1, 0.15) is 73.2 Å². The highest BCUT2D eigenvalue weighted by atomic mass is 16.4. The van der Waals surface area contributed by atoms with Crippen molar-refractivity contribution in [2.75, 3.05) is 0 Å². The first-order valence-corrected chi connectivity index (χ1v) is 13.6. The molecular weight excluding hydrogens is 438 g/mol. The van der Waals surface area contributed by atoms with Gasteiger partial charge in [-0.1, -0.05) is 56.0 Å². The number of carbonyl (C=O) groups is 3. The Balaban J connectivity index is 1.45. The Bertz CT molecular complexity index is 1180. The van der Waals surface area contributed by atoms with Crippen LogP contribution in [0.5, 0.6) is 0 Å². The van der Waals surface area contributed by atoms with Gasteiger partial charge in [0.15, 0.2) is 0 Å². The molecule has 8 unspecified atom stereocenters. The van der Waals surface area contributed by atoms with Gasteiger partial charge in [-0.2, -0.15) is 0 Å². The fourth-order valence-electron chi connectivity index (χ4n) is 9.18. The smallest absolute Gasteiger partial charge is 0.336 e. The van der Waals surface area contributed by atoms with Crippen LogP contribution in [0.4, 0.5) is 0 Å².